The van der Waals surface area contributed by atoms with Gasteiger partial charge in [-0.3, -0.25) is 0 Å². The number of ether oxygens (including phenoxy) is 4. The van der Waals surface area contributed by atoms with Crippen molar-refractivity contribution in [3.63, 3.8) is 0 Å². The molecule has 5 aromatic carbocycles. The third kappa shape index (κ3) is 10.7. The predicted molar refractivity (Wildman–Crippen MR) is 293 cm³/mol. The van der Waals surface area contributed by atoms with Crippen molar-refractivity contribution in [2.45, 2.75) is 131 Å². The van der Waals surface area contributed by atoms with Crippen molar-refractivity contribution in [1.82, 2.24) is 0 Å². The van der Waals surface area contributed by atoms with Gasteiger partial charge in [0.15, 0.2) is 0 Å². The van der Waals surface area contributed by atoms with Crippen LogP contribution in [0.3, 0.4) is 0 Å². The third-order valence-corrected chi connectivity index (χ3v) is 17.9. The monoisotopic (exact) mass is 974 g/mol. The second kappa shape index (κ2) is 22.5. The fourth-order valence-corrected chi connectivity index (χ4v) is 12.4. The van der Waals surface area contributed by atoms with Crippen LogP contribution < -0.4 is 9.47 Å². The number of hydrogen-bond donors (Lipinski definition) is 1. The lowest BCUT2D eigenvalue weighted by Crippen LogP contribution is -2.35. The molecular formula is C63H74O5S2. The van der Waals surface area contributed by atoms with Gasteiger partial charge in [-0.25, -0.2) is 0 Å². The highest BCUT2D eigenvalue weighted by atomic mass is 32.2. The zero-order chi connectivity index (χ0) is 48.6. The highest BCUT2D eigenvalue weighted by Gasteiger charge is 2.42. The largest absolute Gasteiger partial charge is 0.492 e. The summed E-state index contributed by atoms with van der Waals surface area (Å²) >= 11 is 3.94. The fourth-order valence-electron chi connectivity index (χ4n) is 11.6. The van der Waals surface area contributed by atoms with Crippen LogP contribution in [0.4, 0.5) is 0 Å². The highest BCUT2D eigenvalue weighted by molar-refractivity contribution is 8.07. The van der Waals surface area contributed by atoms with Crippen molar-refractivity contribution in [2.75, 3.05) is 37.9 Å². The van der Waals surface area contributed by atoms with Crippen molar-refractivity contribution >= 4 is 23.5 Å². The van der Waals surface area contributed by atoms with Gasteiger partial charge in [-0.15, -0.1) is 0 Å². The standard InChI is InChI=1S/C63H74O5S2/c1-6-48(22-17-37-60(7-2,8-3)67-43-57-45-70-57)62(38-15-20-46-18-11-13-23-58(46)62)51-29-33-54(34-30-51)65-40-53(64)41-68-61(9-4,10-5)49-25-27-50(28-26-49)63(39-16-21-47-19-12-14-24-59(47)63)52-31-35-55(36-32-52)66-42-56-44-69-56/h6,11-14,17-19,22-37,53,56-57,64H,1,7-10,15-16,20-21,38-45H2,2-5H3/b37-17+,48-22+. The van der Waals surface area contributed by atoms with Crippen LogP contribution >= 0.6 is 23.5 Å². The van der Waals surface area contributed by atoms with Crippen molar-refractivity contribution < 1.29 is 24.1 Å². The predicted octanol–water partition coefficient (Wildman–Crippen LogP) is 14.3. The summed E-state index contributed by atoms with van der Waals surface area (Å²) in [6.45, 7) is 15.1. The van der Waals surface area contributed by atoms with Crippen molar-refractivity contribution in [1.29, 1.82) is 0 Å². The molecule has 0 radical (unpaired) electrons. The Bertz CT molecular complexity index is 2570. The van der Waals surface area contributed by atoms with E-state index in [0.29, 0.717) is 10.5 Å². The maximum absolute atomic E-state index is 11.4. The topological polar surface area (TPSA) is 57.2 Å². The minimum atomic E-state index is -0.808. The van der Waals surface area contributed by atoms with Gasteiger partial charge in [0.05, 0.1) is 24.4 Å². The molecule has 4 aliphatic rings. The molecular weight excluding hydrogens is 901 g/mol. The Balaban J connectivity index is 0.892. The van der Waals surface area contributed by atoms with Gasteiger partial charge in [0.1, 0.15) is 30.8 Å². The van der Waals surface area contributed by atoms with Gasteiger partial charge < -0.3 is 24.1 Å². The molecule has 0 aromatic heterocycles. The van der Waals surface area contributed by atoms with Crippen LogP contribution in [0.5, 0.6) is 11.5 Å². The van der Waals surface area contributed by atoms with Crippen LogP contribution in [0, 0.1) is 0 Å². The van der Waals surface area contributed by atoms with Gasteiger partial charge in [-0.1, -0.05) is 156 Å². The number of benzene rings is 5. The molecule has 0 amide bonds. The van der Waals surface area contributed by atoms with E-state index in [2.05, 4.69) is 174 Å². The van der Waals surface area contributed by atoms with Crippen molar-refractivity contribution in [2.24, 2.45) is 0 Å². The zero-order valence-electron chi connectivity index (χ0n) is 42.0. The van der Waals surface area contributed by atoms with Crippen LogP contribution in [0.1, 0.15) is 124 Å². The number of allylic oxidation sites excluding steroid dienone is 4. The quantitative estimate of drug-likeness (QED) is 0.0488. The average Bonchev–Trinajstić information content (AvgIpc) is 4.38. The van der Waals surface area contributed by atoms with E-state index in [-0.39, 0.29) is 29.6 Å². The number of hydrogen-bond acceptors (Lipinski definition) is 7. The first-order valence-corrected chi connectivity index (χ1v) is 28.3. The summed E-state index contributed by atoms with van der Waals surface area (Å²) in [6, 6.07) is 44.5. The number of rotatable bonds is 24. The van der Waals surface area contributed by atoms with Gasteiger partial charge in [0.25, 0.3) is 0 Å². The lowest BCUT2D eigenvalue weighted by molar-refractivity contribution is -0.0961. The Hall–Kier alpha value is -4.50. The summed E-state index contributed by atoms with van der Waals surface area (Å²) < 4.78 is 25.8. The molecule has 2 aliphatic heterocycles. The lowest BCUT2D eigenvalue weighted by Gasteiger charge is -2.41. The van der Waals surface area contributed by atoms with Crippen LogP contribution in [0.2, 0.25) is 0 Å². The van der Waals surface area contributed by atoms with Crippen molar-refractivity contribution in [3.8, 4) is 11.5 Å². The molecule has 2 aliphatic carbocycles. The Labute approximate surface area is 427 Å². The van der Waals surface area contributed by atoms with Crippen LogP contribution in [-0.4, -0.2) is 65.2 Å². The van der Waals surface area contributed by atoms with E-state index in [4.69, 9.17) is 18.9 Å². The van der Waals surface area contributed by atoms with Gasteiger partial charge in [0, 0.05) is 32.8 Å². The Kier molecular flexibility index (Phi) is 16.2. The maximum atomic E-state index is 11.4. The molecule has 1 N–H and O–H groups in total. The number of aliphatic hydroxyl groups excluding tert-OH is 1. The van der Waals surface area contributed by atoms with Gasteiger partial charge >= 0.3 is 0 Å². The van der Waals surface area contributed by atoms with Crippen LogP contribution in [-0.2, 0) is 38.7 Å². The second-order valence-electron chi connectivity index (χ2n) is 19.9. The molecule has 0 spiro atoms. The zero-order valence-corrected chi connectivity index (χ0v) is 43.6. The summed E-state index contributed by atoms with van der Waals surface area (Å²) in [5.74, 6) is 4.06. The second-order valence-corrected chi connectivity index (χ2v) is 22.6. The van der Waals surface area contributed by atoms with E-state index in [1.54, 1.807) is 0 Å². The normalized spacial score (nSPS) is 22.5. The molecule has 5 aromatic rings. The SMILES string of the molecule is C=C/C(=C\C=C\C(CC)(CC)OCC1CS1)C1(c2ccc(OCC(O)COC(CC)(CC)c3ccc(C4(c5ccc(OCC6CS6)cc5)CCCc5ccccc54)cc3)cc2)CCCc2ccccc21. The first-order valence-electron chi connectivity index (χ1n) is 26.2. The highest BCUT2D eigenvalue weighted by Crippen LogP contribution is 2.50. The van der Waals surface area contributed by atoms with Crippen LogP contribution in [0.25, 0.3) is 0 Å². The summed E-state index contributed by atoms with van der Waals surface area (Å²) in [5, 5.41) is 12.7. The van der Waals surface area contributed by atoms with E-state index >= 15 is 0 Å². The number of aryl methyl sites for hydroxylation is 2. The molecule has 5 atom stereocenters. The minimum absolute atomic E-state index is 0.127. The van der Waals surface area contributed by atoms with E-state index in [9.17, 15) is 5.11 Å². The first kappa shape index (κ1) is 50.4. The summed E-state index contributed by atoms with van der Waals surface area (Å²) in [7, 11) is 0. The molecule has 2 fully saturated rings. The molecule has 7 heteroatoms. The Morgan fingerprint density at radius 3 is 1.83 bits per heavy atom. The van der Waals surface area contributed by atoms with Gasteiger partial charge in [-0.2, -0.15) is 23.5 Å². The summed E-state index contributed by atoms with van der Waals surface area (Å²) in [6.07, 6.45) is 17.8. The molecule has 70 heavy (non-hydrogen) atoms. The van der Waals surface area contributed by atoms with E-state index in [1.807, 2.05) is 29.6 Å². The summed E-state index contributed by atoms with van der Waals surface area (Å²) in [5.41, 5.74) is 10.2. The molecule has 0 saturated carbocycles. The molecule has 368 valence electrons. The molecule has 2 heterocycles. The number of aliphatic hydroxyl groups is 1. The van der Waals surface area contributed by atoms with Gasteiger partial charge in [-0.05, 0) is 139 Å². The lowest BCUT2D eigenvalue weighted by atomic mass is 9.62. The fraction of sp³-hybridized carbons (Fsp3) is 0.429. The number of fused-ring (bicyclic) bond motifs is 2. The smallest absolute Gasteiger partial charge is 0.119 e. The Morgan fingerprint density at radius 2 is 1.21 bits per heavy atom. The number of thioether (sulfide) groups is 2. The summed E-state index contributed by atoms with van der Waals surface area (Å²) in [4.78, 5) is 0. The van der Waals surface area contributed by atoms with Crippen LogP contribution in [0.15, 0.2) is 158 Å². The molecule has 5 nitrogen and oxygen atoms in total. The van der Waals surface area contributed by atoms with E-state index in [0.717, 1.165) is 94.5 Å². The molecule has 2 saturated heterocycles. The maximum Gasteiger partial charge on any atom is 0.119 e. The Morgan fingerprint density at radius 1 is 0.657 bits per heavy atom. The van der Waals surface area contributed by atoms with E-state index in [1.165, 1.54) is 56.0 Å². The molecule has 0 bridgehead atoms. The van der Waals surface area contributed by atoms with Gasteiger partial charge in [0.2, 0.25) is 0 Å². The molecule has 5 unspecified atom stereocenters. The molecule has 9 rings (SSSR count). The van der Waals surface area contributed by atoms with E-state index < -0.39 is 11.7 Å². The third-order valence-electron chi connectivity index (χ3n) is 16.1. The first-order chi connectivity index (χ1) is 34.2. The average molecular weight is 975 g/mol. The van der Waals surface area contributed by atoms with Crippen molar-refractivity contribution in [3.05, 3.63) is 202 Å². The minimum Gasteiger partial charge on any atom is -0.492 e.